The third kappa shape index (κ3) is 3.08. The molecule has 3 rings (SSSR count). The SMILES string of the molecule is CCC(=O)N1CCN(Cc2cccc3ccccc23)CC1. The Morgan fingerprint density at radius 1 is 1.00 bits per heavy atom. The van der Waals surface area contributed by atoms with Gasteiger partial charge in [0.05, 0.1) is 0 Å². The summed E-state index contributed by atoms with van der Waals surface area (Å²) in [6.07, 6.45) is 0.614. The normalized spacial score (nSPS) is 16.3. The van der Waals surface area contributed by atoms with Gasteiger partial charge in [0.15, 0.2) is 0 Å². The lowest BCUT2D eigenvalue weighted by atomic mass is 10.0. The summed E-state index contributed by atoms with van der Waals surface area (Å²) < 4.78 is 0. The highest BCUT2D eigenvalue weighted by Gasteiger charge is 2.20. The van der Waals surface area contributed by atoms with Crippen molar-refractivity contribution in [3.8, 4) is 0 Å². The Labute approximate surface area is 126 Å². The molecule has 1 heterocycles. The van der Waals surface area contributed by atoms with Crippen LogP contribution in [-0.2, 0) is 11.3 Å². The molecule has 110 valence electrons. The largest absolute Gasteiger partial charge is 0.340 e. The highest BCUT2D eigenvalue weighted by molar-refractivity contribution is 5.85. The molecule has 0 radical (unpaired) electrons. The summed E-state index contributed by atoms with van der Waals surface area (Å²) in [6.45, 7) is 6.55. The number of hydrogen-bond acceptors (Lipinski definition) is 2. The number of hydrogen-bond donors (Lipinski definition) is 0. The van der Waals surface area contributed by atoms with Crippen molar-refractivity contribution in [1.82, 2.24) is 9.80 Å². The Balaban J connectivity index is 1.69. The molecule has 0 bridgehead atoms. The maximum absolute atomic E-state index is 11.7. The first-order valence-corrected chi connectivity index (χ1v) is 7.74. The molecule has 0 aromatic heterocycles. The fourth-order valence-corrected chi connectivity index (χ4v) is 3.05. The molecule has 1 aliphatic rings. The molecule has 0 spiro atoms. The summed E-state index contributed by atoms with van der Waals surface area (Å²) in [5.41, 5.74) is 1.38. The molecule has 0 N–H and O–H groups in total. The third-order valence-electron chi connectivity index (χ3n) is 4.30. The first-order chi connectivity index (χ1) is 10.3. The van der Waals surface area contributed by atoms with E-state index >= 15 is 0 Å². The van der Waals surface area contributed by atoms with Gasteiger partial charge in [0.1, 0.15) is 0 Å². The molecule has 1 saturated heterocycles. The lowest BCUT2D eigenvalue weighted by molar-refractivity contribution is -0.132. The summed E-state index contributed by atoms with van der Waals surface area (Å²) in [4.78, 5) is 16.1. The molecule has 1 aliphatic heterocycles. The van der Waals surface area contributed by atoms with Crippen molar-refractivity contribution in [1.29, 1.82) is 0 Å². The van der Waals surface area contributed by atoms with Gasteiger partial charge in [-0.25, -0.2) is 0 Å². The minimum atomic E-state index is 0.278. The maximum atomic E-state index is 11.7. The summed E-state index contributed by atoms with van der Waals surface area (Å²) in [6, 6.07) is 15.1. The Morgan fingerprint density at radius 2 is 1.71 bits per heavy atom. The average molecular weight is 282 g/mol. The fourth-order valence-electron chi connectivity index (χ4n) is 3.05. The number of fused-ring (bicyclic) bond motifs is 1. The van der Waals surface area contributed by atoms with Crippen LogP contribution in [0.4, 0.5) is 0 Å². The smallest absolute Gasteiger partial charge is 0.222 e. The van der Waals surface area contributed by atoms with E-state index in [1.807, 2.05) is 11.8 Å². The van der Waals surface area contributed by atoms with E-state index in [0.29, 0.717) is 6.42 Å². The van der Waals surface area contributed by atoms with E-state index in [4.69, 9.17) is 0 Å². The van der Waals surface area contributed by atoms with E-state index in [0.717, 1.165) is 32.7 Å². The van der Waals surface area contributed by atoms with Crippen molar-refractivity contribution >= 4 is 16.7 Å². The molecule has 2 aromatic carbocycles. The molecule has 3 heteroatoms. The van der Waals surface area contributed by atoms with Gasteiger partial charge in [-0.05, 0) is 16.3 Å². The first kappa shape index (κ1) is 14.1. The van der Waals surface area contributed by atoms with Crippen LogP contribution in [0.15, 0.2) is 42.5 Å². The summed E-state index contributed by atoms with van der Waals surface area (Å²) in [7, 11) is 0. The third-order valence-corrected chi connectivity index (χ3v) is 4.30. The van der Waals surface area contributed by atoms with Crippen molar-refractivity contribution in [2.75, 3.05) is 26.2 Å². The van der Waals surface area contributed by atoms with E-state index in [1.165, 1.54) is 16.3 Å². The first-order valence-electron chi connectivity index (χ1n) is 7.74. The van der Waals surface area contributed by atoms with Crippen molar-refractivity contribution < 1.29 is 4.79 Å². The molecule has 0 saturated carbocycles. The van der Waals surface area contributed by atoms with E-state index in [9.17, 15) is 4.79 Å². The molecular formula is C18H22N2O. The van der Waals surface area contributed by atoms with Crippen molar-refractivity contribution in [2.45, 2.75) is 19.9 Å². The van der Waals surface area contributed by atoms with E-state index in [-0.39, 0.29) is 5.91 Å². The summed E-state index contributed by atoms with van der Waals surface area (Å²) >= 11 is 0. The number of carbonyl (C=O) groups is 1. The number of benzene rings is 2. The molecule has 0 atom stereocenters. The lowest BCUT2D eigenvalue weighted by Gasteiger charge is -2.34. The molecule has 0 unspecified atom stereocenters. The van der Waals surface area contributed by atoms with Gasteiger partial charge in [0, 0.05) is 39.1 Å². The molecule has 0 aliphatic carbocycles. The number of nitrogens with zero attached hydrogens (tertiary/aromatic N) is 2. The van der Waals surface area contributed by atoms with Crippen molar-refractivity contribution in [2.24, 2.45) is 0 Å². The van der Waals surface area contributed by atoms with Crippen LogP contribution in [0.25, 0.3) is 10.8 Å². The van der Waals surface area contributed by atoms with Crippen LogP contribution in [0, 0.1) is 0 Å². The average Bonchev–Trinajstić information content (AvgIpc) is 2.55. The number of carbonyl (C=O) groups excluding carboxylic acids is 1. The van der Waals surface area contributed by atoms with Gasteiger partial charge in [-0.3, -0.25) is 9.69 Å². The van der Waals surface area contributed by atoms with Crippen LogP contribution in [0.3, 0.4) is 0 Å². The van der Waals surface area contributed by atoms with Crippen LogP contribution >= 0.6 is 0 Å². The van der Waals surface area contributed by atoms with Crippen LogP contribution in [0.5, 0.6) is 0 Å². The Hall–Kier alpha value is -1.87. The van der Waals surface area contributed by atoms with Gasteiger partial charge >= 0.3 is 0 Å². The van der Waals surface area contributed by atoms with Crippen LogP contribution in [0.1, 0.15) is 18.9 Å². The second-order valence-corrected chi connectivity index (χ2v) is 5.65. The predicted molar refractivity (Wildman–Crippen MR) is 86.1 cm³/mol. The highest BCUT2D eigenvalue weighted by Crippen LogP contribution is 2.20. The van der Waals surface area contributed by atoms with Gasteiger partial charge in [-0.15, -0.1) is 0 Å². The summed E-state index contributed by atoms with van der Waals surface area (Å²) in [5, 5.41) is 2.64. The van der Waals surface area contributed by atoms with Crippen molar-refractivity contribution in [3.05, 3.63) is 48.0 Å². The van der Waals surface area contributed by atoms with Gasteiger partial charge in [0.25, 0.3) is 0 Å². The minimum absolute atomic E-state index is 0.278. The van der Waals surface area contributed by atoms with E-state index in [1.54, 1.807) is 0 Å². The second-order valence-electron chi connectivity index (χ2n) is 5.65. The fraction of sp³-hybridized carbons (Fsp3) is 0.389. The van der Waals surface area contributed by atoms with E-state index < -0.39 is 0 Å². The Morgan fingerprint density at radius 3 is 2.48 bits per heavy atom. The number of rotatable bonds is 3. The molecular weight excluding hydrogens is 260 g/mol. The van der Waals surface area contributed by atoms with Gasteiger partial charge < -0.3 is 4.90 Å². The number of amides is 1. The summed E-state index contributed by atoms with van der Waals surface area (Å²) in [5.74, 6) is 0.278. The Bertz CT molecular complexity index is 625. The van der Waals surface area contributed by atoms with Gasteiger partial charge in [-0.2, -0.15) is 0 Å². The quantitative estimate of drug-likeness (QED) is 0.864. The van der Waals surface area contributed by atoms with Crippen molar-refractivity contribution in [3.63, 3.8) is 0 Å². The second kappa shape index (κ2) is 6.27. The monoisotopic (exact) mass is 282 g/mol. The van der Waals surface area contributed by atoms with Crippen LogP contribution in [-0.4, -0.2) is 41.9 Å². The van der Waals surface area contributed by atoms with Gasteiger partial charge in [0.2, 0.25) is 5.91 Å². The molecule has 2 aromatic rings. The van der Waals surface area contributed by atoms with Gasteiger partial charge in [-0.1, -0.05) is 49.4 Å². The Kier molecular flexibility index (Phi) is 4.20. The topological polar surface area (TPSA) is 23.6 Å². The highest BCUT2D eigenvalue weighted by atomic mass is 16.2. The van der Waals surface area contributed by atoms with Crippen LogP contribution < -0.4 is 0 Å². The van der Waals surface area contributed by atoms with Crippen LogP contribution in [0.2, 0.25) is 0 Å². The molecule has 1 fully saturated rings. The minimum Gasteiger partial charge on any atom is -0.340 e. The lowest BCUT2D eigenvalue weighted by Crippen LogP contribution is -2.48. The number of piperazine rings is 1. The predicted octanol–water partition coefficient (Wildman–Crippen LogP) is 2.89. The standard InChI is InChI=1S/C18H22N2O/c1-2-18(21)20-12-10-19(11-13-20)14-16-8-5-7-15-6-3-4-9-17(15)16/h3-9H,2,10-14H2,1H3. The van der Waals surface area contributed by atoms with E-state index in [2.05, 4.69) is 47.4 Å². The maximum Gasteiger partial charge on any atom is 0.222 e. The zero-order chi connectivity index (χ0) is 14.7. The molecule has 1 amide bonds. The molecule has 21 heavy (non-hydrogen) atoms. The molecule has 3 nitrogen and oxygen atoms in total. The zero-order valence-electron chi connectivity index (χ0n) is 12.6. The zero-order valence-corrected chi connectivity index (χ0v) is 12.6.